The van der Waals surface area contributed by atoms with Gasteiger partial charge in [0.2, 0.25) is 6.41 Å². The smallest absolute Gasteiger partial charge is 0.211 e. The molecule has 1 N–H and O–H groups in total. The number of hydrogen-bond donors (Lipinski definition) is 1. The Morgan fingerprint density at radius 3 is 3.22 bits per heavy atom. The maximum Gasteiger partial charge on any atom is 0.211 e. The second kappa shape index (κ2) is 2.81. The normalized spacial score (nSPS) is 8.44. The van der Waals surface area contributed by atoms with Crippen molar-refractivity contribution in [2.45, 2.75) is 0 Å². The summed E-state index contributed by atoms with van der Waals surface area (Å²) < 4.78 is 0. The maximum atomic E-state index is 9.82. The quantitative estimate of drug-likeness (QED) is 0.577. The number of aromatic nitrogens is 1. The Labute approximate surface area is 52.7 Å². The zero-order valence-corrected chi connectivity index (χ0v) is 4.66. The summed E-state index contributed by atoms with van der Waals surface area (Å²) in [6, 6.07) is 3.43. The molecule has 3 nitrogen and oxygen atoms in total. The molecule has 45 valence electrons. The predicted octanol–water partition coefficient (Wildman–Crippen LogP) is 0.450. The maximum absolute atomic E-state index is 9.82. The first-order valence-corrected chi connectivity index (χ1v) is 2.46. The van der Waals surface area contributed by atoms with Crippen LogP contribution in [-0.2, 0) is 4.79 Å². The van der Waals surface area contributed by atoms with Crippen molar-refractivity contribution in [3.05, 3.63) is 24.5 Å². The van der Waals surface area contributed by atoms with Crippen molar-refractivity contribution in [3.63, 3.8) is 0 Å². The Morgan fingerprint density at radius 1 is 1.78 bits per heavy atom. The lowest BCUT2D eigenvalue weighted by atomic mass is 10.4. The van der Waals surface area contributed by atoms with Crippen LogP contribution in [0.1, 0.15) is 0 Å². The highest BCUT2D eigenvalue weighted by Crippen LogP contribution is 1.97. The summed E-state index contributed by atoms with van der Waals surface area (Å²) in [5, 5.41) is 2.41. The fraction of sp³-hybridized carbons (Fsp3) is 0. The number of pyridine rings is 1. The number of carbonyl (C=O) groups is 1. The molecule has 3 heteroatoms. The van der Waals surface area contributed by atoms with Crippen LogP contribution < -0.4 is 5.32 Å². The Hall–Kier alpha value is -1.38. The first-order chi connectivity index (χ1) is 4.43. The standard InChI is InChI=1S/C6H5N2O/c9-5-8-6-2-1-3-7-4-6/h1-3,5H,(H,8,9). The molecular weight excluding hydrogens is 116 g/mol. The zero-order chi connectivity index (χ0) is 6.53. The van der Waals surface area contributed by atoms with Crippen LogP contribution in [0.4, 0.5) is 5.69 Å². The van der Waals surface area contributed by atoms with Gasteiger partial charge in [0.05, 0.1) is 5.69 Å². The van der Waals surface area contributed by atoms with Crippen molar-refractivity contribution >= 4 is 12.1 Å². The molecule has 1 amide bonds. The van der Waals surface area contributed by atoms with Crippen LogP contribution >= 0.6 is 0 Å². The van der Waals surface area contributed by atoms with Gasteiger partial charge >= 0.3 is 0 Å². The van der Waals surface area contributed by atoms with Gasteiger partial charge in [0.15, 0.2) is 0 Å². The Balaban J connectivity index is 2.72. The molecule has 0 unspecified atom stereocenters. The number of nitrogens with zero attached hydrogens (tertiary/aromatic N) is 1. The topological polar surface area (TPSA) is 42.0 Å². The number of amides is 1. The fourth-order valence-electron chi connectivity index (χ4n) is 0.470. The largest absolute Gasteiger partial charge is 0.327 e. The van der Waals surface area contributed by atoms with Gasteiger partial charge < -0.3 is 5.32 Å². The van der Waals surface area contributed by atoms with E-state index in [0.717, 1.165) is 0 Å². The molecule has 0 saturated heterocycles. The van der Waals surface area contributed by atoms with E-state index in [1.165, 1.54) is 0 Å². The molecule has 0 atom stereocenters. The van der Waals surface area contributed by atoms with E-state index in [0.29, 0.717) is 12.1 Å². The van der Waals surface area contributed by atoms with E-state index in [9.17, 15) is 4.79 Å². The number of nitrogens with one attached hydrogen (secondary N) is 1. The van der Waals surface area contributed by atoms with Crippen molar-refractivity contribution in [2.24, 2.45) is 0 Å². The van der Waals surface area contributed by atoms with Crippen molar-refractivity contribution in [2.75, 3.05) is 5.32 Å². The third-order valence-electron chi connectivity index (χ3n) is 0.823. The molecule has 0 spiro atoms. The summed E-state index contributed by atoms with van der Waals surface area (Å²) in [4.78, 5) is 13.5. The molecule has 1 radical (unpaired) electrons. The SMILES string of the molecule is O=CNc1[c]nccc1. The van der Waals surface area contributed by atoms with Crippen LogP contribution in [0, 0.1) is 6.20 Å². The van der Waals surface area contributed by atoms with Crippen LogP contribution in [-0.4, -0.2) is 11.4 Å². The van der Waals surface area contributed by atoms with E-state index in [-0.39, 0.29) is 0 Å². The molecule has 0 fully saturated rings. The highest BCUT2D eigenvalue weighted by Gasteiger charge is 1.84. The van der Waals surface area contributed by atoms with Crippen LogP contribution in [0.25, 0.3) is 0 Å². The van der Waals surface area contributed by atoms with Gasteiger partial charge in [-0.15, -0.1) is 0 Å². The molecular formula is C6H5N2O. The number of anilines is 1. The monoisotopic (exact) mass is 121 g/mol. The first kappa shape index (κ1) is 5.75. The zero-order valence-electron chi connectivity index (χ0n) is 4.66. The molecule has 0 saturated carbocycles. The highest BCUT2D eigenvalue weighted by atomic mass is 16.1. The van der Waals surface area contributed by atoms with Crippen LogP contribution in [0.5, 0.6) is 0 Å². The van der Waals surface area contributed by atoms with E-state index in [1.807, 2.05) is 0 Å². The van der Waals surface area contributed by atoms with Gasteiger partial charge in [-0.05, 0) is 12.1 Å². The summed E-state index contributed by atoms with van der Waals surface area (Å²) in [5.41, 5.74) is 0.590. The summed E-state index contributed by atoms with van der Waals surface area (Å²) in [5.74, 6) is 0. The van der Waals surface area contributed by atoms with E-state index in [1.54, 1.807) is 18.3 Å². The molecule has 0 aromatic carbocycles. The molecule has 0 bridgehead atoms. The van der Waals surface area contributed by atoms with Crippen molar-refractivity contribution < 1.29 is 4.79 Å². The van der Waals surface area contributed by atoms with Crippen molar-refractivity contribution in [1.29, 1.82) is 0 Å². The minimum absolute atomic E-state index is 0.590. The minimum atomic E-state index is 0.590. The Morgan fingerprint density at radius 2 is 2.67 bits per heavy atom. The van der Waals surface area contributed by atoms with Gasteiger partial charge in [0.1, 0.15) is 6.20 Å². The number of rotatable bonds is 2. The van der Waals surface area contributed by atoms with Gasteiger partial charge in [0.25, 0.3) is 0 Å². The molecule has 1 aromatic rings. The summed E-state index contributed by atoms with van der Waals surface area (Å²) in [6.45, 7) is 0. The van der Waals surface area contributed by atoms with Gasteiger partial charge in [-0.25, -0.2) is 0 Å². The molecule has 0 aliphatic carbocycles. The third kappa shape index (κ3) is 1.53. The average molecular weight is 121 g/mol. The number of carbonyl (C=O) groups excluding carboxylic acids is 1. The van der Waals surface area contributed by atoms with Gasteiger partial charge in [-0.2, -0.15) is 0 Å². The van der Waals surface area contributed by atoms with Crippen LogP contribution in [0.3, 0.4) is 0 Å². The summed E-state index contributed by atoms with van der Waals surface area (Å²) in [7, 11) is 0. The lowest BCUT2D eigenvalue weighted by molar-refractivity contribution is -0.105. The van der Waals surface area contributed by atoms with E-state index >= 15 is 0 Å². The Kier molecular flexibility index (Phi) is 1.80. The predicted molar refractivity (Wildman–Crippen MR) is 32.8 cm³/mol. The summed E-state index contributed by atoms with van der Waals surface area (Å²) >= 11 is 0. The lowest BCUT2D eigenvalue weighted by Gasteiger charge is -1.91. The second-order valence-corrected chi connectivity index (χ2v) is 1.42. The molecule has 1 heterocycles. The molecule has 0 aliphatic heterocycles. The van der Waals surface area contributed by atoms with E-state index in [4.69, 9.17) is 0 Å². The highest BCUT2D eigenvalue weighted by molar-refractivity contribution is 5.69. The van der Waals surface area contributed by atoms with Gasteiger partial charge in [-0.3, -0.25) is 9.78 Å². The summed E-state index contributed by atoms with van der Waals surface area (Å²) in [6.07, 6.45) is 4.76. The third-order valence-corrected chi connectivity index (χ3v) is 0.823. The van der Waals surface area contributed by atoms with Crippen LogP contribution in [0.2, 0.25) is 0 Å². The number of hydrogen-bond acceptors (Lipinski definition) is 2. The van der Waals surface area contributed by atoms with Crippen LogP contribution in [0.15, 0.2) is 18.3 Å². The van der Waals surface area contributed by atoms with Crippen molar-refractivity contribution in [3.8, 4) is 0 Å². The Bertz CT molecular complexity index is 186. The second-order valence-electron chi connectivity index (χ2n) is 1.42. The van der Waals surface area contributed by atoms with E-state index < -0.39 is 0 Å². The molecule has 1 rings (SSSR count). The molecule has 0 aliphatic rings. The van der Waals surface area contributed by atoms with Crippen molar-refractivity contribution in [1.82, 2.24) is 4.98 Å². The van der Waals surface area contributed by atoms with Gasteiger partial charge in [-0.1, -0.05) is 0 Å². The molecule has 9 heavy (non-hydrogen) atoms. The first-order valence-electron chi connectivity index (χ1n) is 2.46. The van der Waals surface area contributed by atoms with Gasteiger partial charge in [0, 0.05) is 6.20 Å². The fourth-order valence-corrected chi connectivity index (χ4v) is 0.470. The average Bonchev–Trinajstić information content (AvgIpc) is 1.91. The van der Waals surface area contributed by atoms with E-state index in [2.05, 4.69) is 16.5 Å². The lowest BCUT2D eigenvalue weighted by Crippen LogP contribution is -1.93. The minimum Gasteiger partial charge on any atom is -0.327 e. The molecule has 1 aromatic heterocycles.